The number of allylic oxidation sites excluding steroid dienone is 1. The first-order chi connectivity index (χ1) is 17.1. The Kier molecular flexibility index (Phi) is 6.49. The molecule has 2 atom stereocenters. The van der Waals surface area contributed by atoms with Gasteiger partial charge in [0.2, 0.25) is 15.9 Å². The van der Waals surface area contributed by atoms with Gasteiger partial charge in [-0.25, -0.2) is 13.4 Å². The summed E-state index contributed by atoms with van der Waals surface area (Å²) >= 11 is 0. The Bertz CT molecular complexity index is 1250. The van der Waals surface area contributed by atoms with Gasteiger partial charge in [0.25, 0.3) is 0 Å². The van der Waals surface area contributed by atoms with Gasteiger partial charge in [-0.3, -0.25) is 4.79 Å². The number of imidazole rings is 1. The average Bonchev–Trinajstić information content (AvgIpc) is 3.50. The van der Waals surface area contributed by atoms with Crippen molar-refractivity contribution in [1.29, 1.82) is 0 Å². The van der Waals surface area contributed by atoms with Gasteiger partial charge in [-0.05, 0) is 42.7 Å². The molecule has 194 valence electrons. The van der Waals surface area contributed by atoms with Gasteiger partial charge in [-0.15, -0.1) is 0 Å². The van der Waals surface area contributed by atoms with Crippen molar-refractivity contribution >= 4 is 21.6 Å². The number of piperazine rings is 1. The van der Waals surface area contributed by atoms with Crippen LogP contribution in [0.4, 0.5) is 5.69 Å². The number of aromatic amines is 1. The minimum Gasteiger partial charge on any atom is -0.369 e. The predicted molar refractivity (Wildman–Crippen MR) is 141 cm³/mol. The molecular weight excluding hydrogens is 474 g/mol. The second-order valence-corrected chi connectivity index (χ2v) is 13.0. The van der Waals surface area contributed by atoms with Crippen LogP contribution in [0.1, 0.15) is 37.9 Å². The number of fused-ring (bicyclic) bond motifs is 2. The Labute approximate surface area is 214 Å². The Morgan fingerprint density at radius 1 is 1.19 bits per heavy atom. The lowest BCUT2D eigenvalue weighted by molar-refractivity contribution is -0.118. The maximum atomic E-state index is 13.8. The summed E-state index contributed by atoms with van der Waals surface area (Å²) in [4.78, 5) is 22.7. The number of para-hydroxylation sites is 1. The quantitative estimate of drug-likeness (QED) is 0.568. The molecular formula is C27H37N5O3S. The van der Waals surface area contributed by atoms with Crippen LogP contribution in [0, 0.1) is 23.7 Å². The Balaban J connectivity index is 1.29. The van der Waals surface area contributed by atoms with Crippen LogP contribution in [0.15, 0.2) is 48.4 Å². The second kappa shape index (κ2) is 9.34. The minimum absolute atomic E-state index is 0.00628. The van der Waals surface area contributed by atoms with Crippen molar-refractivity contribution in [1.82, 2.24) is 19.6 Å². The summed E-state index contributed by atoms with van der Waals surface area (Å²) in [6, 6.07) is 8.23. The summed E-state index contributed by atoms with van der Waals surface area (Å²) in [5.41, 5.74) is 3.04. The maximum absolute atomic E-state index is 13.8. The van der Waals surface area contributed by atoms with E-state index in [0.717, 1.165) is 18.5 Å². The summed E-state index contributed by atoms with van der Waals surface area (Å²) in [5, 5.41) is 3.03. The molecule has 2 aromatic rings. The van der Waals surface area contributed by atoms with Gasteiger partial charge >= 0.3 is 0 Å². The molecule has 0 radical (unpaired) electrons. The highest BCUT2D eigenvalue weighted by atomic mass is 32.2. The Morgan fingerprint density at radius 3 is 2.61 bits per heavy atom. The first kappa shape index (κ1) is 25.0. The molecule has 9 heteroatoms. The molecule has 3 aliphatic rings. The lowest BCUT2D eigenvalue weighted by atomic mass is 9.67. The summed E-state index contributed by atoms with van der Waals surface area (Å²) < 4.78 is 29.2. The van der Waals surface area contributed by atoms with Crippen LogP contribution >= 0.6 is 0 Å². The highest BCUT2D eigenvalue weighted by Gasteiger charge is 2.63. The van der Waals surface area contributed by atoms with E-state index < -0.39 is 15.4 Å². The van der Waals surface area contributed by atoms with Crippen molar-refractivity contribution < 1.29 is 13.2 Å². The molecule has 1 aromatic carbocycles. The van der Waals surface area contributed by atoms with E-state index in [1.807, 2.05) is 12.1 Å². The number of carbonyl (C=O) groups excluding carboxylic acids is 1. The molecule has 2 unspecified atom stereocenters. The van der Waals surface area contributed by atoms with E-state index in [4.69, 9.17) is 0 Å². The third-order valence-electron chi connectivity index (χ3n) is 8.92. The number of nitrogens with zero attached hydrogens (tertiary/aromatic N) is 3. The fourth-order valence-electron chi connectivity index (χ4n) is 6.56. The number of anilines is 1. The summed E-state index contributed by atoms with van der Waals surface area (Å²) in [7, 11) is -3.55. The van der Waals surface area contributed by atoms with Crippen LogP contribution in [-0.4, -0.2) is 67.1 Å². The number of hydrogen-bond donors (Lipinski definition) is 2. The number of nitrogens with one attached hydrogen (secondary N) is 2. The topological polar surface area (TPSA) is 98.4 Å². The highest BCUT2D eigenvalue weighted by molar-refractivity contribution is 7.89. The zero-order valence-electron chi connectivity index (χ0n) is 21.5. The van der Waals surface area contributed by atoms with Gasteiger partial charge in [-0.1, -0.05) is 38.1 Å². The van der Waals surface area contributed by atoms with Crippen molar-refractivity contribution in [2.24, 2.45) is 16.7 Å². The number of amides is 1. The molecule has 0 spiro atoms. The average molecular weight is 512 g/mol. The highest BCUT2D eigenvalue weighted by Crippen LogP contribution is 2.65. The third-order valence-corrected chi connectivity index (χ3v) is 10.9. The zero-order valence-corrected chi connectivity index (χ0v) is 22.3. The Hall–Kier alpha value is -2.65. The molecule has 5 rings (SSSR count). The fourth-order valence-corrected chi connectivity index (χ4v) is 8.76. The van der Waals surface area contributed by atoms with Crippen molar-refractivity contribution in [3.05, 3.63) is 59.7 Å². The molecule has 1 aromatic heterocycles. The lowest BCUT2D eigenvalue weighted by Crippen LogP contribution is -2.53. The summed E-state index contributed by atoms with van der Waals surface area (Å²) in [5.74, 6) is 0.0801. The van der Waals surface area contributed by atoms with Crippen LogP contribution in [0.2, 0.25) is 0 Å². The SMILES string of the molecule is Cc1ccccc1N1CCN(S(=O)(=O)CC23CCC(C=C2C(=O)NCCc2cnc[nH]2)C3(C)C)CC1. The number of aromatic nitrogens is 2. The number of rotatable bonds is 8. The lowest BCUT2D eigenvalue weighted by Gasteiger charge is -2.42. The minimum atomic E-state index is -3.55. The Morgan fingerprint density at radius 2 is 1.94 bits per heavy atom. The third kappa shape index (κ3) is 4.26. The first-order valence-electron chi connectivity index (χ1n) is 12.9. The molecule has 1 saturated carbocycles. The molecule has 36 heavy (non-hydrogen) atoms. The van der Waals surface area contributed by atoms with Crippen LogP contribution in [0.25, 0.3) is 0 Å². The van der Waals surface area contributed by atoms with Crippen molar-refractivity contribution in [2.45, 2.75) is 40.0 Å². The first-order valence-corrected chi connectivity index (χ1v) is 14.5. The molecule has 2 heterocycles. The van der Waals surface area contributed by atoms with E-state index >= 15 is 0 Å². The predicted octanol–water partition coefficient (Wildman–Crippen LogP) is 2.89. The standard InChI is InChI=1S/C27H37N5O3S/c1-20-6-4-5-7-24(20)31-12-14-32(15-13-31)36(34,35)18-27-10-8-21(26(27,2)3)16-23(27)25(33)29-11-9-22-17-28-19-30-22/h4-7,16-17,19,21H,8-15,18H2,1-3H3,(H,28,30)(H,29,33). The van der Waals surface area contributed by atoms with Crippen molar-refractivity contribution in [3.8, 4) is 0 Å². The van der Waals surface area contributed by atoms with Gasteiger partial charge in [-0.2, -0.15) is 4.31 Å². The molecule has 2 N–H and O–H groups in total. The van der Waals surface area contributed by atoms with Gasteiger partial charge in [0.05, 0.1) is 12.1 Å². The van der Waals surface area contributed by atoms with E-state index in [2.05, 4.69) is 59.2 Å². The number of H-pyrrole nitrogens is 1. The monoisotopic (exact) mass is 511 g/mol. The molecule has 1 amide bonds. The van der Waals surface area contributed by atoms with Gasteiger partial charge in [0.1, 0.15) is 0 Å². The number of sulfonamides is 1. The molecule has 1 saturated heterocycles. The summed E-state index contributed by atoms with van der Waals surface area (Å²) in [6.45, 7) is 9.10. The molecule has 2 fully saturated rings. The molecule has 2 aliphatic carbocycles. The molecule has 2 bridgehead atoms. The van der Waals surface area contributed by atoms with Crippen molar-refractivity contribution in [3.63, 3.8) is 0 Å². The number of hydrogen-bond acceptors (Lipinski definition) is 5. The number of benzene rings is 1. The largest absolute Gasteiger partial charge is 0.369 e. The van der Waals surface area contributed by atoms with Crippen LogP contribution < -0.4 is 10.2 Å². The van der Waals surface area contributed by atoms with E-state index in [0.29, 0.717) is 44.7 Å². The second-order valence-electron chi connectivity index (χ2n) is 11.0. The van der Waals surface area contributed by atoms with E-state index in [-0.39, 0.29) is 23.0 Å². The van der Waals surface area contributed by atoms with Crippen molar-refractivity contribution in [2.75, 3.05) is 43.4 Å². The summed E-state index contributed by atoms with van der Waals surface area (Å²) in [6.07, 6.45) is 7.74. The van der Waals surface area contributed by atoms with Crippen LogP contribution in [0.3, 0.4) is 0 Å². The van der Waals surface area contributed by atoms with Crippen LogP contribution in [0.5, 0.6) is 0 Å². The van der Waals surface area contributed by atoms with Crippen LogP contribution in [-0.2, 0) is 21.2 Å². The van der Waals surface area contributed by atoms with E-state index in [9.17, 15) is 13.2 Å². The number of aryl methyl sites for hydroxylation is 1. The van der Waals surface area contributed by atoms with Gasteiger partial charge < -0.3 is 15.2 Å². The van der Waals surface area contributed by atoms with E-state index in [1.165, 1.54) is 11.3 Å². The maximum Gasteiger partial charge on any atom is 0.247 e. The van der Waals surface area contributed by atoms with Gasteiger partial charge in [0.15, 0.2) is 0 Å². The molecule has 8 nitrogen and oxygen atoms in total. The van der Waals surface area contributed by atoms with E-state index in [1.54, 1.807) is 16.8 Å². The van der Waals surface area contributed by atoms with Gasteiger partial charge in [0, 0.05) is 67.7 Å². The fraction of sp³-hybridized carbons (Fsp3) is 0.556. The smallest absolute Gasteiger partial charge is 0.247 e. The number of carbonyl (C=O) groups is 1. The zero-order chi connectivity index (χ0) is 25.6. The molecule has 1 aliphatic heterocycles. The normalized spacial score (nSPS) is 25.7.